The van der Waals surface area contributed by atoms with Crippen molar-refractivity contribution in [1.82, 2.24) is 0 Å². The highest BCUT2D eigenvalue weighted by atomic mass is 16.5. The van der Waals surface area contributed by atoms with Crippen molar-refractivity contribution in [2.45, 2.75) is 13.8 Å². The molecule has 0 fully saturated rings. The van der Waals surface area contributed by atoms with Crippen LogP contribution in [0.4, 0.5) is 5.69 Å². The molecule has 2 aromatic carbocycles. The maximum atomic E-state index is 12.6. The number of fused-ring (bicyclic) bond motifs is 1. The highest BCUT2D eigenvalue weighted by Crippen LogP contribution is 2.26. The molecular weight excluding hydrogens is 306 g/mol. The van der Waals surface area contributed by atoms with E-state index < -0.39 is 11.9 Å². The van der Waals surface area contributed by atoms with Gasteiger partial charge < -0.3 is 14.5 Å². The standard InChI is InChI=1S/C19H17NO4/c1-3-23-19(22)14-9-4-6-10-15(14)20-18(21)17-12(2)13-8-5-7-11-16(13)24-17/h4-11H,3H2,1-2H3,(H,20,21). The van der Waals surface area contributed by atoms with Crippen molar-refractivity contribution >= 4 is 28.5 Å². The van der Waals surface area contributed by atoms with Gasteiger partial charge in [0.1, 0.15) is 5.58 Å². The van der Waals surface area contributed by atoms with Crippen LogP contribution < -0.4 is 5.32 Å². The van der Waals surface area contributed by atoms with Gasteiger partial charge in [0.05, 0.1) is 17.9 Å². The Labute approximate surface area is 139 Å². The second-order valence-electron chi connectivity index (χ2n) is 5.27. The van der Waals surface area contributed by atoms with E-state index in [1.165, 1.54) is 0 Å². The van der Waals surface area contributed by atoms with Gasteiger partial charge in [0.15, 0.2) is 5.76 Å². The Kier molecular flexibility index (Phi) is 4.33. The number of para-hydroxylation sites is 2. The van der Waals surface area contributed by atoms with E-state index >= 15 is 0 Å². The summed E-state index contributed by atoms with van der Waals surface area (Å²) in [5.41, 5.74) is 2.11. The topological polar surface area (TPSA) is 68.5 Å². The fourth-order valence-corrected chi connectivity index (χ4v) is 2.55. The van der Waals surface area contributed by atoms with E-state index in [2.05, 4.69) is 5.32 Å². The average molecular weight is 323 g/mol. The molecule has 5 heteroatoms. The van der Waals surface area contributed by atoms with Gasteiger partial charge in [0.25, 0.3) is 5.91 Å². The maximum Gasteiger partial charge on any atom is 0.340 e. The molecule has 0 bridgehead atoms. The minimum absolute atomic E-state index is 0.231. The number of hydrogen-bond donors (Lipinski definition) is 1. The monoisotopic (exact) mass is 323 g/mol. The fraction of sp³-hybridized carbons (Fsp3) is 0.158. The number of furan rings is 1. The maximum absolute atomic E-state index is 12.6. The van der Waals surface area contributed by atoms with Gasteiger partial charge in [-0.1, -0.05) is 30.3 Å². The molecule has 122 valence electrons. The first-order chi connectivity index (χ1) is 11.6. The number of hydrogen-bond acceptors (Lipinski definition) is 4. The molecule has 0 saturated heterocycles. The predicted molar refractivity (Wildman–Crippen MR) is 91.3 cm³/mol. The van der Waals surface area contributed by atoms with Crippen molar-refractivity contribution in [3.63, 3.8) is 0 Å². The molecule has 1 N–H and O–H groups in total. The van der Waals surface area contributed by atoms with Crippen LogP contribution in [0.5, 0.6) is 0 Å². The molecular formula is C19H17NO4. The van der Waals surface area contributed by atoms with Crippen molar-refractivity contribution < 1.29 is 18.7 Å². The zero-order chi connectivity index (χ0) is 17.1. The van der Waals surface area contributed by atoms with Gasteiger partial charge in [-0.2, -0.15) is 0 Å². The van der Waals surface area contributed by atoms with Gasteiger partial charge in [0.2, 0.25) is 0 Å². The minimum atomic E-state index is -0.477. The molecule has 0 radical (unpaired) electrons. The quantitative estimate of drug-likeness (QED) is 0.732. The zero-order valence-electron chi connectivity index (χ0n) is 13.5. The lowest BCUT2D eigenvalue weighted by Crippen LogP contribution is -2.16. The molecule has 0 aliphatic rings. The Hall–Kier alpha value is -3.08. The zero-order valence-corrected chi connectivity index (χ0v) is 13.5. The molecule has 5 nitrogen and oxygen atoms in total. The van der Waals surface area contributed by atoms with Crippen LogP contribution in [0.15, 0.2) is 52.9 Å². The first-order valence-electron chi connectivity index (χ1n) is 7.67. The smallest absolute Gasteiger partial charge is 0.340 e. The van der Waals surface area contributed by atoms with Gasteiger partial charge in [0, 0.05) is 10.9 Å². The normalized spacial score (nSPS) is 10.6. The van der Waals surface area contributed by atoms with E-state index in [4.69, 9.17) is 9.15 Å². The van der Waals surface area contributed by atoms with Crippen molar-refractivity contribution in [1.29, 1.82) is 0 Å². The van der Waals surface area contributed by atoms with Crippen LogP contribution in [-0.4, -0.2) is 18.5 Å². The summed E-state index contributed by atoms with van der Waals surface area (Å²) in [6, 6.07) is 14.2. The van der Waals surface area contributed by atoms with Crippen LogP contribution in [0.3, 0.4) is 0 Å². The van der Waals surface area contributed by atoms with Crippen LogP contribution in [0, 0.1) is 6.92 Å². The Morgan fingerprint density at radius 3 is 2.54 bits per heavy atom. The number of anilines is 1. The van der Waals surface area contributed by atoms with E-state index in [1.807, 2.05) is 31.2 Å². The molecule has 0 unspecified atom stereocenters. The van der Waals surface area contributed by atoms with Crippen LogP contribution in [-0.2, 0) is 4.74 Å². The first-order valence-corrected chi connectivity index (χ1v) is 7.67. The lowest BCUT2D eigenvalue weighted by Gasteiger charge is -2.09. The fourth-order valence-electron chi connectivity index (χ4n) is 2.55. The molecule has 0 atom stereocenters. The first kappa shape index (κ1) is 15.8. The van der Waals surface area contributed by atoms with E-state index in [0.29, 0.717) is 16.8 Å². The van der Waals surface area contributed by atoms with E-state index in [9.17, 15) is 9.59 Å². The summed E-state index contributed by atoms with van der Waals surface area (Å²) in [5, 5.41) is 3.62. The largest absolute Gasteiger partial charge is 0.462 e. The summed E-state index contributed by atoms with van der Waals surface area (Å²) in [4.78, 5) is 24.6. The summed E-state index contributed by atoms with van der Waals surface area (Å²) in [6.07, 6.45) is 0. The highest BCUT2D eigenvalue weighted by molar-refractivity contribution is 6.09. The SMILES string of the molecule is CCOC(=O)c1ccccc1NC(=O)c1oc2ccccc2c1C. The minimum Gasteiger partial charge on any atom is -0.462 e. The molecule has 1 aromatic heterocycles. The van der Waals surface area contributed by atoms with Gasteiger partial charge in [-0.05, 0) is 32.0 Å². The predicted octanol–water partition coefficient (Wildman–Crippen LogP) is 4.17. The number of carbonyl (C=O) groups excluding carboxylic acids is 2. The number of aryl methyl sites for hydroxylation is 1. The number of rotatable bonds is 4. The molecule has 1 amide bonds. The summed E-state index contributed by atoms with van der Waals surface area (Å²) < 4.78 is 10.7. The van der Waals surface area contributed by atoms with Crippen molar-refractivity contribution in [3.05, 3.63) is 65.4 Å². The Morgan fingerprint density at radius 1 is 1.08 bits per heavy atom. The number of esters is 1. The Balaban J connectivity index is 1.92. The van der Waals surface area contributed by atoms with Crippen molar-refractivity contribution in [3.8, 4) is 0 Å². The number of amides is 1. The number of benzene rings is 2. The van der Waals surface area contributed by atoms with Crippen LogP contribution in [0.25, 0.3) is 11.0 Å². The second kappa shape index (κ2) is 6.58. The van der Waals surface area contributed by atoms with Gasteiger partial charge in [-0.25, -0.2) is 4.79 Å². The third-order valence-corrected chi connectivity index (χ3v) is 3.72. The molecule has 1 heterocycles. The summed E-state index contributed by atoms with van der Waals surface area (Å²) >= 11 is 0. The van der Waals surface area contributed by atoms with Gasteiger partial charge in [-0.15, -0.1) is 0 Å². The molecule has 0 aliphatic carbocycles. The van der Waals surface area contributed by atoms with Crippen LogP contribution in [0.1, 0.15) is 33.4 Å². The summed E-state index contributed by atoms with van der Waals surface area (Å²) in [5.74, 6) is -0.648. The van der Waals surface area contributed by atoms with Crippen LogP contribution >= 0.6 is 0 Å². The van der Waals surface area contributed by atoms with Crippen LogP contribution in [0.2, 0.25) is 0 Å². The molecule has 0 spiro atoms. The highest BCUT2D eigenvalue weighted by Gasteiger charge is 2.20. The third-order valence-electron chi connectivity index (χ3n) is 3.72. The molecule has 24 heavy (non-hydrogen) atoms. The van der Waals surface area contributed by atoms with E-state index in [1.54, 1.807) is 31.2 Å². The third kappa shape index (κ3) is 2.88. The van der Waals surface area contributed by atoms with Crippen molar-refractivity contribution in [2.75, 3.05) is 11.9 Å². The average Bonchev–Trinajstić information content (AvgIpc) is 2.93. The molecule has 3 rings (SSSR count). The summed E-state index contributed by atoms with van der Waals surface area (Å²) in [7, 11) is 0. The Bertz CT molecular complexity index is 911. The van der Waals surface area contributed by atoms with Gasteiger partial charge in [-0.3, -0.25) is 4.79 Å². The lowest BCUT2D eigenvalue weighted by atomic mass is 10.1. The van der Waals surface area contributed by atoms with Crippen molar-refractivity contribution in [2.24, 2.45) is 0 Å². The lowest BCUT2D eigenvalue weighted by molar-refractivity contribution is 0.0527. The number of carbonyl (C=O) groups is 2. The Morgan fingerprint density at radius 2 is 1.79 bits per heavy atom. The number of ether oxygens (including phenoxy) is 1. The second-order valence-corrected chi connectivity index (χ2v) is 5.27. The molecule has 3 aromatic rings. The molecule has 0 saturated carbocycles. The number of nitrogens with one attached hydrogen (secondary N) is 1. The molecule has 0 aliphatic heterocycles. The van der Waals surface area contributed by atoms with E-state index in [0.717, 1.165) is 10.9 Å². The van der Waals surface area contributed by atoms with Gasteiger partial charge >= 0.3 is 5.97 Å². The summed E-state index contributed by atoms with van der Waals surface area (Å²) in [6.45, 7) is 3.83. The van der Waals surface area contributed by atoms with E-state index in [-0.39, 0.29) is 12.4 Å².